The summed E-state index contributed by atoms with van der Waals surface area (Å²) in [7, 11) is 0. The van der Waals surface area contributed by atoms with Crippen LogP contribution in [0.3, 0.4) is 0 Å². The normalized spacial score (nSPS) is 23.5. The molecule has 2 aliphatic rings. The Kier molecular flexibility index (Phi) is 12.1. The summed E-state index contributed by atoms with van der Waals surface area (Å²) in [4.78, 5) is 0. The van der Waals surface area contributed by atoms with Gasteiger partial charge in [0, 0.05) is 0 Å². The van der Waals surface area contributed by atoms with Crippen molar-refractivity contribution in [3.63, 3.8) is 0 Å². The molecule has 0 saturated heterocycles. The smallest absolute Gasteiger partial charge is 0.119 e. The summed E-state index contributed by atoms with van der Waals surface area (Å²) in [5.74, 6) is 5.15. The van der Waals surface area contributed by atoms with Crippen LogP contribution in [0.15, 0.2) is 36.4 Å². The minimum absolute atomic E-state index is 0.645. The molecule has 2 saturated carbocycles. The van der Waals surface area contributed by atoms with Gasteiger partial charge in [-0.1, -0.05) is 70.9 Å². The fraction of sp³-hybridized carbons (Fsp3) is 0.676. The van der Waals surface area contributed by atoms with Crippen LogP contribution in [0.1, 0.15) is 147 Å². The minimum Gasteiger partial charge on any atom is -0.494 e. The van der Waals surface area contributed by atoms with Gasteiger partial charge in [0.1, 0.15) is 11.5 Å². The standard InChI is InChI=1S/C37H56O2/c1-5-9-11-13-29-16-20-31(21-17-29)35-25-23-33(39-8-4)27-37(35)36-26-32(38-7-3)22-24-34(36)30-18-14-28(15-19-30)12-10-6-2/h22-31H,5-21H2,1-4H3. The van der Waals surface area contributed by atoms with Crippen LogP contribution in [0.2, 0.25) is 0 Å². The first-order valence-corrected chi connectivity index (χ1v) is 16.7. The van der Waals surface area contributed by atoms with E-state index >= 15 is 0 Å². The molecule has 2 aliphatic carbocycles. The molecular formula is C37H56O2. The zero-order chi connectivity index (χ0) is 27.5. The number of ether oxygens (including phenoxy) is 2. The lowest BCUT2D eigenvalue weighted by Crippen LogP contribution is -2.16. The molecule has 0 spiro atoms. The summed E-state index contributed by atoms with van der Waals surface area (Å²) < 4.78 is 12.1. The summed E-state index contributed by atoms with van der Waals surface area (Å²) in [6.07, 6.45) is 20.5. The van der Waals surface area contributed by atoms with Crippen LogP contribution in [0, 0.1) is 11.8 Å². The third-order valence-electron chi connectivity index (χ3n) is 9.72. The summed E-state index contributed by atoms with van der Waals surface area (Å²) >= 11 is 0. The van der Waals surface area contributed by atoms with E-state index in [4.69, 9.17) is 9.47 Å². The first kappa shape index (κ1) is 30.0. The Morgan fingerprint density at radius 3 is 1.38 bits per heavy atom. The average Bonchev–Trinajstić information content (AvgIpc) is 2.97. The van der Waals surface area contributed by atoms with Crippen molar-refractivity contribution >= 4 is 0 Å². The van der Waals surface area contributed by atoms with Gasteiger partial charge in [0.2, 0.25) is 0 Å². The molecule has 0 atom stereocenters. The highest BCUT2D eigenvalue weighted by molar-refractivity contribution is 5.75. The first-order chi connectivity index (χ1) is 19.2. The first-order valence-electron chi connectivity index (χ1n) is 16.7. The van der Waals surface area contributed by atoms with E-state index in [0.29, 0.717) is 25.0 Å². The number of hydrogen-bond donors (Lipinski definition) is 0. The van der Waals surface area contributed by atoms with Gasteiger partial charge >= 0.3 is 0 Å². The largest absolute Gasteiger partial charge is 0.494 e. The second-order valence-corrected chi connectivity index (χ2v) is 12.4. The molecule has 39 heavy (non-hydrogen) atoms. The van der Waals surface area contributed by atoms with Crippen molar-refractivity contribution < 1.29 is 9.47 Å². The fourth-order valence-corrected chi connectivity index (χ4v) is 7.46. The third-order valence-corrected chi connectivity index (χ3v) is 9.72. The molecule has 0 aromatic heterocycles. The van der Waals surface area contributed by atoms with Crippen molar-refractivity contribution in [3.05, 3.63) is 47.5 Å². The Balaban J connectivity index is 1.63. The number of benzene rings is 2. The van der Waals surface area contributed by atoms with Crippen LogP contribution < -0.4 is 9.47 Å². The molecule has 0 radical (unpaired) electrons. The van der Waals surface area contributed by atoms with Gasteiger partial charge in [-0.05, 0) is 135 Å². The maximum atomic E-state index is 6.07. The van der Waals surface area contributed by atoms with E-state index < -0.39 is 0 Å². The molecule has 2 heteroatoms. The lowest BCUT2D eigenvalue weighted by atomic mass is 9.73. The molecule has 0 bridgehead atoms. The van der Waals surface area contributed by atoms with Gasteiger partial charge in [0.05, 0.1) is 13.2 Å². The molecule has 216 valence electrons. The molecule has 0 aliphatic heterocycles. The Hall–Kier alpha value is -1.96. The van der Waals surface area contributed by atoms with Crippen molar-refractivity contribution in [1.29, 1.82) is 0 Å². The van der Waals surface area contributed by atoms with Crippen molar-refractivity contribution in [2.24, 2.45) is 11.8 Å². The van der Waals surface area contributed by atoms with Crippen LogP contribution in [0.4, 0.5) is 0 Å². The summed E-state index contributed by atoms with van der Waals surface area (Å²) in [6.45, 7) is 10.2. The van der Waals surface area contributed by atoms with E-state index in [1.165, 1.54) is 119 Å². The van der Waals surface area contributed by atoms with Gasteiger partial charge in [0.15, 0.2) is 0 Å². The van der Waals surface area contributed by atoms with E-state index in [-0.39, 0.29) is 0 Å². The Morgan fingerprint density at radius 1 is 0.538 bits per heavy atom. The van der Waals surface area contributed by atoms with Gasteiger partial charge in [0.25, 0.3) is 0 Å². The molecule has 2 nitrogen and oxygen atoms in total. The molecule has 0 amide bonds. The second-order valence-electron chi connectivity index (χ2n) is 12.4. The fourth-order valence-electron chi connectivity index (χ4n) is 7.46. The maximum Gasteiger partial charge on any atom is 0.119 e. The Morgan fingerprint density at radius 2 is 0.974 bits per heavy atom. The molecule has 0 N–H and O–H groups in total. The highest BCUT2D eigenvalue weighted by atomic mass is 16.5. The Labute approximate surface area is 240 Å². The van der Waals surface area contributed by atoms with Crippen molar-refractivity contribution in [2.45, 2.75) is 136 Å². The van der Waals surface area contributed by atoms with Crippen LogP contribution >= 0.6 is 0 Å². The van der Waals surface area contributed by atoms with Crippen LogP contribution in [0.5, 0.6) is 11.5 Å². The summed E-state index contributed by atoms with van der Waals surface area (Å²) in [6, 6.07) is 14.0. The van der Waals surface area contributed by atoms with E-state index in [1.807, 2.05) is 0 Å². The molecule has 2 aromatic carbocycles. The monoisotopic (exact) mass is 532 g/mol. The quantitative estimate of drug-likeness (QED) is 0.225. The third kappa shape index (κ3) is 8.27. The molecule has 0 unspecified atom stereocenters. The Bertz CT molecular complexity index is 979. The summed E-state index contributed by atoms with van der Waals surface area (Å²) in [5.41, 5.74) is 5.88. The van der Waals surface area contributed by atoms with Crippen molar-refractivity contribution in [2.75, 3.05) is 13.2 Å². The highest BCUT2D eigenvalue weighted by Crippen LogP contribution is 2.47. The molecule has 2 fully saturated rings. The maximum absolute atomic E-state index is 6.07. The molecule has 0 heterocycles. The number of unbranched alkanes of at least 4 members (excludes halogenated alkanes) is 3. The van der Waals surface area contributed by atoms with Gasteiger partial charge in [-0.25, -0.2) is 0 Å². The van der Waals surface area contributed by atoms with Crippen molar-refractivity contribution in [1.82, 2.24) is 0 Å². The van der Waals surface area contributed by atoms with Gasteiger partial charge < -0.3 is 9.47 Å². The average molecular weight is 533 g/mol. The number of hydrogen-bond acceptors (Lipinski definition) is 2. The summed E-state index contributed by atoms with van der Waals surface area (Å²) in [5, 5.41) is 0. The zero-order valence-corrected chi connectivity index (χ0v) is 25.6. The molecule has 4 rings (SSSR count). The van der Waals surface area contributed by atoms with E-state index in [9.17, 15) is 0 Å². The molecule has 2 aromatic rings. The van der Waals surface area contributed by atoms with Crippen LogP contribution in [-0.2, 0) is 0 Å². The predicted molar refractivity (Wildman–Crippen MR) is 167 cm³/mol. The van der Waals surface area contributed by atoms with Gasteiger partial charge in [-0.15, -0.1) is 0 Å². The lowest BCUT2D eigenvalue weighted by Gasteiger charge is -2.32. The second kappa shape index (κ2) is 15.7. The number of rotatable bonds is 14. The van der Waals surface area contributed by atoms with E-state index in [2.05, 4.69) is 64.1 Å². The van der Waals surface area contributed by atoms with E-state index in [1.54, 1.807) is 0 Å². The minimum atomic E-state index is 0.645. The molecular weight excluding hydrogens is 476 g/mol. The highest BCUT2D eigenvalue weighted by Gasteiger charge is 2.28. The van der Waals surface area contributed by atoms with Crippen molar-refractivity contribution in [3.8, 4) is 22.6 Å². The van der Waals surface area contributed by atoms with Gasteiger partial charge in [-0.2, -0.15) is 0 Å². The lowest BCUT2D eigenvalue weighted by molar-refractivity contribution is 0.302. The van der Waals surface area contributed by atoms with Gasteiger partial charge in [-0.3, -0.25) is 0 Å². The van der Waals surface area contributed by atoms with Crippen LogP contribution in [0.25, 0.3) is 11.1 Å². The van der Waals surface area contributed by atoms with Crippen LogP contribution in [-0.4, -0.2) is 13.2 Å². The zero-order valence-electron chi connectivity index (χ0n) is 25.6. The SMILES string of the molecule is CCCCCC1CCC(c2ccc(OCC)cc2-c2cc(OCC)ccc2C2CCC(CCCC)CC2)CC1. The predicted octanol–water partition coefficient (Wildman–Crippen LogP) is 11.5. The van der Waals surface area contributed by atoms with E-state index in [0.717, 1.165) is 23.3 Å². The topological polar surface area (TPSA) is 18.5 Å².